The van der Waals surface area contributed by atoms with Crippen molar-refractivity contribution in [3.63, 3.8) is 0 Å². The lowest BCUT2D eigenvalue weighted by atomic mass is 10.1. The van der Waals surface area contributed by atoms with Crippen molar-refractivity contribution in [2.24, 2.45) is 0 Å². The SMILES string of the molecule is COc1ccc(-c2cc(Nc3cccc(C(F)(F)F)n3)ncn2)cc1. The van der Waals surface area contributed by atoms with Crippen LogP contribution in [0.15, 0.2) is 54.9 Å². The molecule has 0 aliphatic heterocycles. The minimum atomic E-state index is -4.50. The third-order valence-electron chi connectivity index (χ3n) is 3.35. The standard InChI is InChI=1S/C17H13F3N4O/c1-25-12-7-5-11(6-8-12)13-9-16(22-10-21-13)24-15-4-2-3-14(23-15)17(18,19)20/h2-10H,1H3,(H,21,22,23,24). The number of hydrogen-bond acceptors (Lipinski definition) is 5. The highest BCUT2D eigenvalue weighted by atomic mass is 19.4. The van der Waals surface area contributed by atoms with Gasteiger partial charge in [0, 0.05) is 11.6 Å². The van der Waals surface area contributed by atoms with E-state index in [1.165, 1.54) is 18.5 Å². The fourth-order valence-electron chi connectivity index (χ4n) is 2.14. The largest absolute Gasteiger partial charge is 0.497 e. The monoisotopic (exact) mass is 346 g/mol. The summed E-state index contributed by atoms with van der Waals surface area (Å²) in [6.07, 6.45) is -3.17. The molecule has 25 heavy (non-hydrogen) atoms. The molecule has 1 aromatic carbocycles. The van der Waals surface area contributed by atoms with Crippen LogP contribution in [0, 0.1) is 0 Å². The number of methoxy groups -OCH3 is 1. The molecule has 0 radical (unpaired) electrons. The van der Waals surface area contributed by atoms with E-state index in [4.69, 9.17) is 4.74 Å². The number of ether oxygens (including phenoxy) is 1. The van der Waals surface area contributed by atoms with Gasteiger partial charge in [-0.2, -0.15) is 13.2 Å². The number of anilines is 2. The molecule has 5 nitrogen and oxygen atoms in total. The first-order valence-corrected chi connectivity index (χ1v) is 7.23. The Balaban J connectivity index is 1.84. The summed E-state index contributed by atoms with van der Waals surface area (Å²) >= 11 is 0. The van der Waals surface area contributed by atoms with Crippen molar-refractivity contribution >= 4 is 11.6 Å². The average molecular weight is 346 g/mol. The van der Waals surface area contributed by atoms with Crippen LogP contribution in [0.3, 0.4) is 0 Å². The van der Waals surface area contributed by atoms with Crippen LogP contribution < -0.4 is 10.1 Å². The van der Waals surface area contributed by atoms with Crippen LogP contribution in [0.5, 0.6) is 5.75 Å². The first-order valence-electron chi connectivity index (χ1n) is 7.23. The van der Waals surface area contributed by atoms with Gasteiger partial charge in [0.05, 0.1) is 12.8 Å². The second kappa shape index (κ2) is 6.76. The van der Waals surface area contributed by atoms with Gasteiger partial charge in [-0.1, -0.05) is 6.07 Å². The number of pyridine rings is 1. The van der Waals surface area contributed by atoms with Crippen LogP contribution in [0.1, 0.15) is 5.69 Å². The van der Waals surface area contributed by atoms with Crippen molar-refractivity contribution in [1.29, 1.82) is 0 Å². The molecule has 0 saturated carbocycles. The molecule has 0 spiro atoms. The number of nitrogens with one attached hydrogen (secondary N) is 1. The van der Waals surface area contributed by atoms with E-state index < -0.39 is 11.9 Å². The quantitative estimate of drug-likeness (QED) is 0.763. The van der Waals surface area contributed by atoms with Crippen molar-refractivity contribution in [1.82, 2.24) is 15.0 Å². The topological polar surface area (TPSA) is 59.9 Å². The van der Waals surface area contributed by atoms with Crippen LogP contribution in [-0.4, -0.2) is 22.1 Å². The molecule has 0 atom stereocenters. The van der Waals surface area contributed by atoms with Crippen LogP contribution in [-0.2, 0) is 6.18 Å². The maximum atomic E-state index is 12.7. The number of benzene rings is 1. The van der Waals surface area contributed by atoms with Crippen LogP contribution in [0.25, 0.3) is 11.3 Å². The predicted octanol–water partition coefficient (Wildman–Crippen LogP) is 4.31. The lowest BCUT2D eigenvalue weighted by Gasteiger charge is -2.10. The zero-order valence-electron chi connectivity index (χ0n) is 13.1. The molecular weight excluding hydrogens is 333 g/mol. The highest BCUT2D eigenvalue weighted by Gasteiger charge is 2.32. The van der Waals surface area contributed by atoms with Crippen molar-refractivity contribution < 1.29 is 17.9 Å². The van der Waals surface area contributed by atoms with E-state index in [1.54, 1.807) is 25.3 Å². The van der Waals surface area contributed by atoms with Crippen LogP contribution >= 0.6 is 0 Å². The van der Waals surface area contributed by atoms with E-state index in [0.29, 0.717) is 17.3 Å². The fraction of sp³-hybridized carbons (Fsp3) is 0.118. The summed E-state index contributed by atoms with van der Waals surface area (Å²) in [5, 5.41) is 2.76. The minimum absolute atomic E-state index is 0.0502. The maximum absolute atomic E-state index is 12.7. The smallest absolute Gasteiger partial charge is 0.433 e. The van der Waals surface area contributed by atoms with Gasteiger partial charge in [0.25, 0.3) is 0 Å². The highest BCUT2D eigenvalue weighted by molar-refractivity contribution is 5.64. The zero-order chi connectivity index (χ0) is 17.9. The molecule has 0 aliphatic carbocycles. The molecule has 0 fully saturated rings. The predicted molar refractivity (Wildman–Crippen MR) is 86.5 cm³/mol. The van der Waals surface area contributed by atoms with Gasteiger partial charge in [0.1, 0.15) is 29.4 Å². The number of hydrogen-bond donors (Lipinski definition) is 1. The second-order valence-electron chi connectivity index (χ2n) is 5.05. The zero-order valence-corrected chi connectivity index (χ0v) is 13.1. The van der Waals surface area contributed by atoms with Gasteiger partial charge in [-0.25, -0.2) is 15.0 Å². The van der Waals surface area contributed by atoms with Gasteiger partial charge in [0.15, 0.2) is 0 Å². The molecule has 3 rings (SSSR count). The molecule has 0 saturated heterocycles. The normalized spacial score (nSPS) is 11.2. The number of halogens is 3. The first-order chi connectivity index (χ1) is 12.0. The summed E-state index contributed by atoms with van der Waals surface area (Å²) in [6.45, 7) is 0. The van der Waals surface area contributed by atoms with E-state index in [9.17, 15) is 13.2 Å². The third kappa shape index (κ3) is 4.03. The van der Waals surface area contributed by atoms with Crippen LogP contribution in [0.4, 0.5) is 24.8 Å². The summed E-state index contributed by atoms with van der Waals surface area (Å²) in [6, 6.07) is 12.5. The molecular formula is C17H13F3N4O. The van der Waals surface area contributed by atoms with Crippen molar-refractivity contribution in [2.75, 3.05) is 12.4 Å². The Labute approximate surface area is 141 Å². The van der Waals surface area contributed by atoms with Crippen molar-refractivity contribution in [3.8, 4) is 17.0 Å². The lowest BCUT2D eigenvalue weighted by Crippen LogP contribution is -2.09. The van der Waals surface area contributed by atoms with E-state index in [1.807, 2.05) is 12.1 Å². The van der Waals surface area contributed by atoms with Gasteiger partial charge >= 0.3 is 6.18 Å². The second-order valence-corrected chi connectivity index (χ2v) is 5.05. The molecule has 1 N–H and O–H groups in total. The Morgan fingerprint density at radius 1 is 0.960 bits per heavy atom. The lowest BCUT2D eigenvalue weighted by molar-refractivity contribution is -0.141. The Morgan fingerprint density at radius 2 is 1.72 bits per heavy atom. The molecule has 0 aliphatic rings. The summed E-state index contributed by atoms with van der Waals surface area (Å²) in [4.78, 5) is 11.7. The average Bonchev–Trinajstić information content (AvgIpc) is 2.61. The fourth-order valence-corrected chi connectivity index (χ4v) is 2.14. The number of rotatable bonds is 4. The Morgan fingerprint density at radius 3 is 2.40 bits per heavy atom. The molecule has 128 valence electrons. The van der Waals surface area contributed by atoms with Crippen molar-refractivity contribution in [2.45, 2.75) is 6.18 Å². The summed E-state index contributed by atoms with van der Waals surface area (Å²) in [5.74, 6) is 1.10. The summed E-state index contributed by atoms with van der Waals surface area (Å²) in [5.41, 5.74) is 0.470. The Bertz CT molecular complexity index is 866. The molecule has 2 aromatic heterocycles. The van der Waals surface area contributed by atoms with E-state index in [2.05, 4.69) is 20.3 Å². The van der Waals surface area contributed by atoms with Gasteiger partial charge < -0.3 is 10.1 Å². The number of nitrogens with zero attached hydrogens (tertiary/aromatic N) is 3. The molecule has 8 heteroatoms. The first kappa shape index (κ1) is 16.7. The number of alkyl halides is 3. The van der Waals surface area contributed by atoms with Gasteiger partial charge in [-0.15, -0.1) is 0 Å². The van der Waals surface area contributed by atoms with Gasteiger partial charge in [-0.3, -0.25) is 0 Å². The summed E-state index contributed by atoms with van der Waals surface area (Å²) < 4.78 is 43.3. The highest BCUT2D eigenvalue weighted by Crippen LogP contribution is 2.29. The molecule has 0 bridgehead atoms. The molecule has 2 heterocycles. The minimum Gasteiger partial charge on any atom is -0.497 e. The summed E-state index contributed by atoms with van der Waals surface area (Å²) in [7, 11) is 1.57. The van der Waals surface area contributed by atoms with Crippen LogP contribution in [0.2, 0.25) is 0 Å². The van der Waals surface area contributed by atoms with E-state index in [-0.39, 0.29) is 5.82 Å². The van der Waals surface area contributed by atoms with E-state index >= 15 is 0 Å². The molecule has 3 aromatic rings. The number of aromatic nitrogens is 3. The maximum Gasteiger partial charge on any atom is 0.433 e. The van der Waals surface area contributed by atoms with Gasteiger partial charge in [-0.05, 0) is 36.4 Å². The van der Waals surface area contributed by atoms with Crippen molar-refractivity contribution in [3.05, 3.63) is 60.6 Å². The third-order valence-corrected chi connectivity index (χ3v) is 3.35. The molecule has 0 unspecified atom stereocenters. The van der Waals surface area contributed by atoms with E-state index in [0.717, 1.165) is 11.6 Å². The Hall–Kier alpha value is -3.16. The molecule has 0 amide bonds. The Kier molecular flexibility index (Phi) is 4.51. The van der Waals surface area contributed by atoms with Gasteiger partial charge in [0.2, 0.25) is 0 Å².